The van der Waals surface area contributed by atoms with Gasteiger partial charge in [0, 0.05) is 19.1 Å². The standard InChI is InChI=1S/C17H30N2O/c1-4-8-17(9-6-10-17)16(20)18-15(3)13-19-11-5-7-14(2)12-19/h4,14-15H,1,5-13H2,2-3H3,(H,18,20). The van der Waals surface area contributed by atoms with Crippen LogP contribution in [0.25, 0.3) is 0 Å². The molecule has 1 aliphatic heterocycles. The third kappa shape index (κ3) is 3.63. The summed E-state index contributed by atoms with van der Waals surface area (Å²) in [6.07, 6.45) is 8.60. The van der Waals surface area contributed by atoms with Crippen molar-refractivity contribution in [2.24, 2.45) is 11.3 Å². The van der Waals surface area contributed by atoms with E-state index in [9.17, 15) is 4.79 Å². The van der Waals surface area contributed by atoms with Crippen molar-refractivity contribution >= 4 is 5.91 Å². The fourth-order valence-corrected chi connectivity index (χ4v) is 3.67. The summed E-state index contributed by atoms with van der Waals surface area (Å²) < 4.78 is 0. The second kappa shape index (κ2) is 6.75. The van der Waals surface area contributed by atoms with Gasteiger partial charge in [0.25, 0.3) is 0 Å². The Morgan fingerprint density at radius 3 is 2.80 bits per heavy atom. The largest absolute Gasteiger partial charge is 0.352 e. The van der Waals surface area contributed by atoms with E-state index in [1.54, 1.807) is 0 Å². The van der Waals surface area contributed by atoms with Gasteiger partial charge in [0.1, 0.15) is 0 Å². The van der Waals surface area contributed by atoms with Crippen LogP contribution in [0.2, 0.25) is 0 Å². The van der Waals surface area contributed by atoms with Crippen molar-refractivity contribution in [1.82, 2.24) is 10.2 Å². The van der Waals surface area contributed by atoms with E-state index in [1.807, 2.05) is 6.08 Å². The van der Waals surface area contributed by atoms with Gasteiger partial charge in [0.2, 0.25) is 5.91 Å². The Balaban J connectivity index is 1.80. The van der Waals surface area contributed by atoms with Gasteiger partial charge in [-0.05, 0) is 51.5 Å². The van der Waals surface area contributed by atoms with E-state index in [0.29, 0.717) is 0 Å². The lowest BCUT2D eigenvalue weighted by Gasteiger charge is -2.41. The van der Waals surface area contributed by atoms with Crippen LogP contribution < -0.4 is 5.32 Å². The fourth-order valence-electron chi connectivity index (χ4n) is 3.67. The first-order valence-electron chi connectivity index (χ1n) is 8.20. The number of hydrogen-bond donors (Lipinski definition) is 1. The second-order valence-electron chi connectivity index (χ2n) is 7.01. The van der Waals surface area contributed by atoms with Crippen LogP contribution in [-0.4, -0.2) is 36.5 Å². The molecule has 0 bridgehead atoms. The summed E-state index contributed by atoms with van der Waals surface area (Å²) in [7, 11) is 0. The maximum absolute atomic E-state index is 12.5. The number of nitrogens with one attached hydrogen (secondary N) is 1. The molecule has 3 nitrogen and oxygen atoms in total. The molecule has 2 aliphatic rings. The second-order valence-corrected chi connectivity index (χ2v) is 7.01. The maximum Gasteiger partial charge on any atom is 0.226 e. The molecule has 1 heterocycles. The highest BCUT2D eigenvalue weighted by Gasteiger charge is 2.43. The zero-order valence-corrected chi connectivity index (χ0v) is 13.2. The first-order chi connectivity index (χ1) is 9.55. The van der Waals surface area contributed by atoms with Gasteiger partial charge in [-0.1, -0.05) is 19.4 Å². The highest BCUT2D eigenvalue weighted by molar-refractivity contribution is 5.84. The van der Waals surface area contributed by atoms with Gasteiger partial charge in [-0.15, -0.1) is 6.58 Å². The van der Waals surface area contributed by atoms with Gasteiger partial charge < -0.3 is 10.2 Å². The number of likely N-dealkylation sites (tertiary alicyclic amines) is 1. The number of carbonyl (C=O) groups excluding carboxylic acids is 1. The third-order valence-corrected chi connectivity index (χ3v) is 4.98. The number of carbonyl (C=O) groups is 1. The highest BCUT2D eigenvalue weighted by atomic mass is 16.2. The van der Waals surface area contributed by atoms with Crippen LogP contribution in [0.5, 0.6) is 0 Å². The Hall–Kier alpha value is -0.830. The van der Waals surface area contributed by atoms with Crippen molar-refractivity contribution in [3.8, 4) is 0 Å². The van der Waals surface area contributed by atoms with Gasteiger partial charge in [-0.25, -0.2) is 0 Å². The predicted octanol–water partition coefficient (Wildman–Crippen LogP) is 2.97. The van der Waals surface area contributed by atoms with Crippen LogP contribution in [0.15, 0.2) is 12.7 Å². The number of allylic oxidation sites excluding steroid dienone is 1. The molecular formula is C17H30N2O. The molecule has 2 rings (SSSR count). The lowest BCUT2D eigenvalue weighted by atomic mass is 9.66. The summed E-state index contributed by atoms with van der Waals surface area (Å²) >= 11 is 0. The molecule has 0 aromatic carbocycles. The molecule has 0 aromatic heterocycles. The SMILES string of the molecule is C=CCC1(C(=O)NC(C)CN2CCCC(C)C2)CCC1. The van der Waals surface area contributed by atoms with E-state index in [0.717, 1.165) is 31.7 Å². The number of amides is 1. The minimum absolute atomic E-state index is 0.134. The smallest absolute Gasteiger partial charge is 0.226 e. The van der Waals surface area contributed by atoms with E-state index < -0.39 is 0 Å². The summed E-state index contributed by atoms with van der Waals surface area (Å²) in [6.45, 7) is 11.6. The lowest BCUT2D eigenvalue weighted by Crippen LogP contribution is -2.51. The van der Waals surface area contributed by atoms with Gasteiger partial charge in [-0.3, -0.25) is 4.79 Å². The molecule has 0 radical (unpaired) electrons. The van der Waals surface area contributed by atoms with Crippen molar-refractivity contribution in [3.63, 3.8) is 0 Å². The third-order valence-electron chi connectivity index (χ3n) is 4.98. The Morgan fingerprint density at radius 1 is 1.50 bits per heavy atom. The normalized spacial score (nSPS) is 27.4. The summed E-state index contributed by atoms with van der Waals surface area (Å²) in [5, 5.41) is 3.24. The summed E-state index contributed by atoms with van der Waals surface area (Å²) in [5.74, 6) is 1.05. The van der Waals surface area contributed by atoms with Crippen LogP contribution in [0.3, 0.4) is 0 Å². The van der Waals surface area contributed by atoms with Gasteiger partial charge in [-0.2, -0.15) is 0 Å². The molecule has 1 saturated carbocycles. The first kappa shape index (κ1) is 15.6. The van der Waals surface area contributed by atoms with Gasteiger partial charge in [0.05, 0.1) is 5.41 Å². The van der Waals surface area contributed by atoms with Crippen molar-refractivity contribution in [2.75, 3.05) is 19.6 Å². The van der Waals surface area contributed by atoms with E-state index >= 15 is 0 Å². The Labute approximate surface area is 123 Å². The van der Waals surface area contributed by atoms with Gasteiger partial charge in [0.15, 0.2) is 0 Å². The van der Waals surface area contributed by atoms with Crippen LogP contribution >= 0.6 is 0 Å². The predicted molar refractivity (Wildman–Crippen MR) is 83.5 cm³/mol. The zero-order valence-electron chi connectivity index (χ0n) is 13.2. The molecular weight excluding hydrogens is 248 g/mol. The quantitative estimate of drug-likeness (QED) is 0.758. The molecule has 114 valence electrons. The van der Waals surface area contributed by atoms with Crippen molar-refractivity contribution < 1.29 is 4.79 Å². The van der Waals surface area contributed by atoms with E-state index in [-0.39, 0.29) is 17.4 Å². The van der Waals surface area contributed by atoms with E-state index in [4.69, 9.17) is 0 Å². The highest BCUT2D eigenvalue weighted by Crippen LogP contribution is 2.44. The molecule has 2 unspecified atom stereocenters. The Kier molecular flexibility index (Phi) is 5.25. The molecule has 2 atom stereocenters. The first-order valence-corrected chi connectivity index (χ1v) is 8.20. The topological polar surface area (TPSA) is 32.3 Å². The number of piperidine rings is 1. The van der Waals surface area contributed by atoms with Crippen LogP contribution in [0.4, 0.5) is 0 Å². The Morgan fingerprint density at radius 2 is 2.25 bits per heavy atom. The Bertz CT molecular complexity index is 349. The summed E-state index contributed by atoms with van der Waals surface area (Å²) in [5.41, 5.74) is -0.134. The molecule has 20 heavy (non-hydrogen) atoms. The summed E-state index contributed by atoms with van der Waals surface area (Å²) in [6, 6.07) is 0.245. The maximum atomic E-state index is 12.5. The average molecular weight is 278 g/mol. The van der Waals surface area contributed by atoms with Gasteiger partial charge >= 0.3 is 0 Å². The molecule has 1 saturated heterocycles. The van der Waals surface area contributed by atoms with Crippen LogP contribution in [-0.2, 0) is 4.79 Å². The molecule has 1 N–H and O–H groups in total. The lowest BCUT2D eigenvalue weighted by molar-refractivity contribution is -0.136. The molecule has 3 heteroatoms. The average Bonchev–Trinajstić information content (AvgIpc) is 2.33. The minimum atomic E-state index is -0.134. The van der Waals surface area contributed by atoms with E-state index in [2.05, 4.69) is 30.6 Å². The minimum Gasteiger partial charge on any atom is -0.352 e. The molecule has 0 aromatic rings. The van der Waals surface area contributed by atoms with Crippen molar-refractivity contribution in [2.45, 2.75) is 58.4 Å². The van der Waals surface area contributed by atoms with Crippen molar-refractivity contribution in [3.05, 3.63) is 12.7 Å². The molecule has 0 spiro atoms. The van der Waals surface area contributed by atoms with Crippen molar-refractivity contribution in [1.29, 1.82) is 0 Å². The zero-order chi connectivity index (χ0) is 14.6. The van der Waals surface area contributed by atoms with Crippen LogP contribution in [0, 0.1) is 11.3 Å². The molecule has 2 fully saturated rings. The van der Waals surface area contributed by atoms with Crippen LogP contribution in [0.1, 0.15) is 52.4 Å². The number of hydrogen-bond acceptors (Lipinski definition) is 2. The van der Waals surface area contributed by atoms with E-state index in [1.165, 1.54) is 32.4 Å². The molecule has 1 aliphatic carbocycles. The number of nitrogens with zero attached hydrogens (tertiary/aromatic N) is 1. The summed E-state index contributed by atoms with van der Waals surface area (Å²) in [4.78, 5) is 15.0. The number of rotatable bonds is 6. The molecule has 1 amide bonds. The monoisotopic (exact) mass is 278 g/mol. The fraction of sp³-hybridized carbons (Fsp3) is 0.824.